The first-order chi connectivity index (χ1) is 43.4. The van der Waals surface area contributed by atoms with E-state index in [1.54, 1.807) is 33.1 Å². The Morgan fingerprint density at radius 2 is 0.573 bits per heavy atom. The minimum absolute atomic E-state index is 0.0750. The molecule has 0 spiro atoms. The van der Waals surface area contributed by atoms with Gasteiger partial charge >= 0.3 is 0 Å². The Hall–Kier alpha value is -7.87. The monoisotopic (exact) mass is 1140 g/mol. The van der Waals surface area contributed by atoms with Crippen LogP contribution >= 0.6 is 0 Å². The highest BCUT2D eigenvalue weighted by atomic mass is 14.6. The molecule has 3 heterocycles. The summed E-state index contributed by atoms with van der Waals surface area (Å²) in [5.41, 5.74) is 22.2. The van der Waals surface area contributed by atoms with E-state index < -0.39 is 0 Å². The van der Waals surface area contributed by atoms with Gasteiger partial charge in [0, 0.05) is 0 Å². The Labute approximate surface area is 527 Å². The lowest BCUT2D eigenvalue weighted by atomic mass is 9.26. The molecule has 6 unspecified atom stereocenters. The fourth-order valence-electron chi connectivity index (χ4n) is 22.3. The highest BCUT2D eigenvalue weighted by Gasteiger charge is 2.63. The SMILES string of the molecule is CC12CCCCC1(C)c1cc(-c3ccc4c5cc6c(cc5c5cccc3c54)c3ccc(-c4ccc5c(c4)C4(C)CCCCC4(C)B5c4ccccc4)c4c(-c5ccc7c(c5)C5(C)CCCCC5(C)B7c5ccccc5)ccc6c43)ccc1B2c1ccccc1. The van der Waals surface area contributed by atoms with Gasteiger partial charge in [-0.1, -0.05) is 332 Å². The average molecular weight is 1140 g/mol. The van der Waals surface area contributed by atoms with E-state index in [4.69, 9.17) is 0 Å². The molecular formula is C86H77B3. The maximum Gasteiger partial charge on any atom is 0.216 e. The van der Waals surface area contributed by atoms with Crippen LogP contribution in [0.4, 0.5) is 0 Å². The normalized spacial score (nSPS) is 26.2. The molecular weight excluding hydrogens is 1070 g/mol. The van der Waals surface area contributed by atoms with Gasteiger partial charge in [0.15, 0.2) is 0 Å². The average Bonchev–Trinajstić information content (AvgIpc) is 1.58. The Bertz CT molecular complexity index is 4890. The molecule has 3 fully saturated rings. The second-order valence-corrected chi connectivity index (χ2v) is 30.7. The molecule has 0 bridgehead atoms. The molecule has 3 heteroatoms. The maximum atomic E-state index is 2.69. The minimum atomic E-state index is 0.0750. The summed E-state index contributed by atoms with van der Waals surface area (Å²) in [6, 6.07) is 85.1. The maximum absolute atomic E-state index is 2.69. The molecule has 0 nitrogen and oxygen atoms in total. The zero-order valence-corrected chi connectivity index (χ0v) is 52.9. The van der Waals surface area contributed by atoms with Crippen LogP contribution in [0.2, 0.25) is 15.9 Å². The Morgan fingerprint density at radius 1 is 0.247 bits per heavy atom. The topological polar surface area (TPSA) is 0 Å². The van der Waals surface area contributed by atoms with Crippen LogP contribution in [0.1, 0.15) is 135 Å². The van der Waals surface area contributed by atoms with E-state index in [1.165, 1.54) is 191 Å². The molecule has 13 aromatic rings. The number of fused-ring (bicyclic) bond motifs is 15. The zero-order valence-electron chi connectivity index (χ0n) is 52.9. The lowest BCUT2D eigenvalue weighted by Gasteiger charge is -2.48. The second-order valence-electron chi connectivity index (χ2n) is 30.7. The molecule has 0 N–H and O–H groups in total. The molecule has 0 aromatic heterocycles. The summed E-state index contributed by atoms with van der Waals surface area (Å²) in [7, 11) is 0. The predicted molar refractivity (Wildman–Crippen MR) is 387 cm³/mol. The standard InChI is InChI=1S/C86H77B3/c1-81-43-16-19-46-84(81,4)87(57-23-10-7-11-24-57)75-40-31-54(49-72(75)81)60-34-37-65-69-53-71-67-39-36-62(56-33-42-77-74(51-56)83(3)45-18-21-48-86(83,6)89(77)59-27-14-9-15-28-59)79-61(35-38-66(80(67)79)70(71)52-68(69)64-30-22-29-63(60)78(64)65)55-32-41-76-73(50-55)82(2)44-17-20-47-85(82,5)88(76)58-25-12-8-13-26-58/h7-15,22-42,49-53H,16-21,43-48H2,1-6H3. The van der Waals surface area contributed by atoms with Crippen LogP contribution in [0.25, 0.3) is 98.0 Å². The predicted octanol–water partition coefficient (Wildman–Crippen LogP) is 19.1. The lowest BCUT2D eigenvalue weighted by Crippen LogP contribution is -2.51. The van der Waals surface area contributed by atoms with Crippen molar-refractivity contribution in [3.8, 4) is 33.4 Å². The summed E-state index contributed by atoms with van der Waals surface area (Å²) in [6.45, 7) is 16.9. The van der Waals surface area contributed by atoms with Gasteiger partial charge in [-0.25, -0.2) is 0 Å². The molecule has 3 aliphatic carbocycles. The fraction of sp³-hybridized carbons (Fsp3) is 0.279. The summed E-state index contributed by atoms with van der Waals surface area (Å²) < 4.78 is 0. The van der Waals surface area contributed by atoms with Crippen LogP contribution < -0.4 is 32.8 Å². The minimum Gasteiger partial charge on any atom is -0.0735 e. The molecule has 6 atom stereocenters. The van der Waals surface area contributed by atoms with E-state index in [0.717, 1.165) is 0 Å². The van der Waals surface area contributed by atoms with Gasteiger partial charge in [-0.15, -0.1) is 0 Å². The van der Waals surface area contributed by atoms with E-state index >= 15 is 0 Å². The van der Waals surface area contributed by atoms with Crippen LogP contribution in [0.3, 0.4) is 0 Å². The molecule has 6 aliphatic rings. The van der Waals surface area contributed by atoms with Gasteiger partial charge < -0.3 is 0 Å². The van der Waals surface area contributed by atoms with Gasteiger partial charge in [0.25, 0.3) is 0 Å². The lowest BCUT2D eigenvalue weighted by molar-refractivity contribution is 0.243. The van der Waals surface area contributed by atoms with E-state index in [1.807, 2.05) is 0 Å². The van der Waals surface area contributed by atoms with Crippen LogP contribution in [0.5, 0.6) is 0 Å². The third-order valence-electron chi connectivity index (χ3n) is 27.3. The summed E-state index contributed by atoms with van der Waals surface area (Å²) in [4.78, 5) is 0. The first-order valence-corrected chi connectivity index (χ1v) is 34.3. The Morgan fingerprint density at radius 3 is 0.966 bits per heavy atom. The summed E-state index contributed by atoms with van der Waals surface area (Å²) >= 11 is 0. The van der Waals surface area contributed by atoms with Crippen molar-refractivity contribution in [2.24, 2.45) is 0 Å². The summed E-state index contributed by atoms with van der Waals surface area (Å²) in [5.74, 6) is 0. The van der Waals surface area contributed by atoms with Crippen molar-refractivity contribution in [1.82, 2.24) is 0 Å². The van der Waals surface area contributed by atoms with Gasteiger partial charge in [-0.05, 0) is 178 Å². The molecule has 0 saturated heterocycles. The molecule has 19 rings (SSSR count). The van der Waals surface area contributed by atoms with Crippen LogP contribution in [0.15, 0.2) is 212 Å². The molecule has 0 amide bonds. The Kier molecular flexibility index (Phi) is 11.0. The largest absolute Gasteiger partial charge is 0.216 e. The Balaban J connectivity index is 0.814. The van der Waals surface area contributed by atoms with Crippen molar-refractivity contribution in [3.63, 3.8) is 0 Å². The van der Waals surface area contributed by atoms with Crippen LogP contribution in [0, 0.1) is 0 Å². The number of hydrogen-bond acceptors (Lipinski definition) is 0. The molecule has 3 aliphatic heterocycles. The number of benzene rings is 11. The summed E-state index contributed by atoms with van der Waals surface area (Å²) in [6.07, 6.45) is 15.3. The first kappa shape index (κ1) is 53.0. The van der Waals surface area contributed by atoms with Gasteiger partial charge in [0.2, 0.25) is 20.1 Å². The smallest absolute Gasteiger partial charge is 0.0735 e. The van der Waals surface area contributed by atoms with E-state index in [2.05, 4.69) is 254 Å². The second kappa shape index (κ2) is 18.4. The van der Waals surface area contributed by atoms with Crippen molar-refractivity contribution in [3.05, 3.63) is 229 Å². The van der Waals surface area contributed by atoms with E-state index in [-0.39, 0.29) is 32.2 Å². The van der Waals surface area contributed by atoms with Gasteiger partial charge in [-0.3, -0.25) is 0 Å². The van der Waals surface area contributed by atoms with Crippen molar-refractivity contribution < 1.29 is 0 Å². The molecule has 0 radical (unpaired) electrons. The third kappa shape index (κ3) is 6.70. The van der Waals surface area contributed by atoms with E-state index in [9.17, 15) is 0 Å². The van der Waals surface area contributed by atoms with Crippen molar-refractivity contribution >= 4 is 118 Å². The highest BCUT2D eigenvalue weighted by Crippen LogP contribution is 2.65. The van der Waals surface area contributed by atoms with Crippen molar-refractivity contribution in [1.29, 1.82) is 0 Å². The van der Waals surface area contributed by atoms with Gasteiger partial charge in [-0.2, -0.15) is 0 Å². The number of hydrogen-bond donors (Lipinski definition) is 0. The molecule has 89 heavy (non-hydrogen) atoms. The first-order valence-electron chi connectivity index (χ1n) is 34.3. The van der Waals surface area contributed by atoms with Gasteiger partial charge in [0.1, 0.15) is 0 Å². The van der Waals surface area contributed by atoms with Crippen molar-refractivity contribution in [2.45, 2.75) is 151 Å². The third-order valence-corrected chi connectivity index (χ3v) is 27.3. The van der Waals surface area contributed by atoms with Crippen molar-refractivity contribution in [2.75, 3.05) is 0 Å². The zero-order chi connectivity index (χ0) is 59.6. The summed E-state index contributed by atoms with van der Waals surface area (Å²) in [5, 5.41) is 17.0. The van der Waals surface area contributed by atoms with Crippen LogP contribution in [-0.4, -0.2) is 20.1 Å². The van der Waals surface area contributed by atoms with Crippen LogP contribution in [-0.2, 0) is 16.2 Å². The fourth-order valence-corrected chi connectivity index (χ4v) is 22.3. The molecule has 3 saturated carbocycles. The quantitative estimate of drug-likeness (QED) is 0.146. The molecule has 13 aromatic carbocycles. The van der Waals surface area contributed by atoms with E-state index in [0.29, 0.717) is 20.1 Å². The van der Waals surface area contributed by atoms with Gasteiger partial charge in [0.05, 0.1) is 0 Å². The molecule has 430 valence electrons. The number of rotatable bonds is 6. The highest BCUT2D eigenvalue weighted by molar-refractivity contribution is 6.90.